The summed E-state index contributed by atoms with van der Waals surface area (Å²) in [6, 6.07) is 4.54. The van der Waals surface area contributed by atoms with Gasteiger partial charge in [-0.3, -0.25) is 4.79 Å². The molecule has 1 aromatic heterocycles. The number of hydrogen-bond donors (Lipinski definition) is 0. The minimum Gasteiger partial charge on any atom is -0.462 e. The molecule has 0 amide bonds. The fourth-order valence-electron chi connectivity index (χ4n) is 0.817. The number of rotatable bonds is 2. The maximum absolute atomic E-state index is 11.1. The van der Waals surface area contributed by atoms with Gasteiger partial charge in [-0.05, 0) is 19.1 Å². The van der Waals surface area contributed by atoms with Gasteiger partial charge in [-0.1, -0.05) is 6.07 Å². The summed E-state index contributed by atoms with van der Waals surface area (Å²) in [7, 11) is 0. The Morgan fingerprint density at radius 3 is 3.00 bits per heavy atom. The highest BCUT2D eigenvalue weighted by Crippen LogP contribution is 1.92. The van der Waals surface area contributed by atoms with E-state index < -0.39 is 11.5 Å². The third-order valence-electron chi connectivity index (χ3n) is 1.38. The van der Waals surface area contributed by atoms with E-state index in [1.807, 2.05) is 0 Å². The van der Waals surface area contributed by atoms with E-state index in [0.717, 1.165) is 0 Å². The van der Waals surface area contributed by atoms with Gasteiger partial charge in [-0.15, -0.1) is 0 Å². The molecule has 0 spiro atoms. The lowest BCUT2D eigenvalue weighted by atomic mass is 10.3. The van der Waals surface area contributed by atoms with Gasteiger partial charge in [-0.25, -0.2) is 9.78 Å². The van der Waals surface area contributed by atoms with Crippen LogP contribution in [0.4, 0.5) is 0 Å². The van der Waals surface area contributed by atoms with Crippen molar-refractivity contribution >= 4 is 5.97 Å². The van der Waals surface area contributed by atoms with Crippen molar-refractivity contribution in [2.75, 3.05) is 6.61 Å². The van der Waals surface area contributed by atoms with E-state index >= 15 is 0 Å². The van der Waals surface area contributed by atoms with E-state index in [4.69, 9.17) is 0 Å². The Labute approximate surface area is 75.2 Å². The Morgan fingerprint density at radius 1 is 1.54 bits per heavy atom. The Kier molecular flexibility index (Phi) is 3.14. The number of aromatic nitrogens is 1. The molecule has 68 valence electrons. The van der Waals surface area contributed by atoms with Crippen molar-refractivity contribution in [3.8, 4) is 0 Å². The van der Waals surface area contributed by atoms with E-state index in [-0.39, 0.29) is 12.2 Å². The predicted molar refractivity (Wildman–Crippen MR) is 46.5 cm³/mol. The summed E-state index contributed by atoms with van der Waals surface area (Å²) in [6.45, 7) is 1.93. The summed E-state index contributed by atoms with van der Waals surface area (Å²) in [4.78, 5) is 25.8. The summed E-state index contributed by atoms with van der Waals surface area (Å²) in [5.41, 5.74) is -0.602. The van der Waals surface area contributed by atoms with Crippen molar-refractivity contribution in [3.63, 3.8) is 0 Å². The highest BCUT2D eigenvalue weighted by atomic mass is 16.5. The molecular formula is C9H9NO3. The zero-order valence-electron chi connectivity index (χ0n) is 7.19. The maximum atomic E-state index is 11.1. The van der Waals surface area contributed by atoms with Gasteiger partial charge in [0, 0.05) is 6.20 Å². The van der Waals surface area contributed by atoms with Gasteiger partial charge >= 0.3 is 5.97 Å². The van der Waals surface area contributed by atoms with Crippen LogP contribution in [0.2, 0.25) is 0 Å². The van der Waals surface area contributed by atoms with Crippen molar-refractivity contribution in [2.24, 2.45) is 0 Å². The van der Waals surface area contributed by atoms with Crippen molar-refractivity contribution in [2.45, 2.75) is 6.92 Å². The van der Waals surface area contributed by atoms with Crippen molar-refractivity contribution in [1.82, 2.24) is 4.98 Å². The monoisotopic (exact) mass is 179 g/mol. The van der Waals surface area contributed by atoms with E-state index in [1.54, 1.807) is 19.1 Å². The molecule has 1 rings (SSSR count). The zero-order chi connectivity index (χ0) is 9.68. The molecule has 1 heterocycles. The molecule has 0 saturated heterocycles. The molecule has 4 heteroatoms. The molecule has 13 heavy (non-hydrogen) atoms. The third kappa shape index (κ3) is 2.37. The number of carbonyl (C=O) groups is 1. The smallest absolute Gasteiger partial charge is 0.343 e. The third-order valence-corrected chi connectivity index (χ3v) is 1.38. The molecule has 4 nitrogen and oxygen atoms in total. The molecule has 1 aromatic rings. The first kappa shape index (κ1) is 9.38. The molecule has 0 aliphatic heterocycles. The van der Waals surface area contributed by atoms with E-state index in [0.29, 0.717) is 0 Å². The summed E-state index contributed by atoms with van der Waals surface area (Å²) >= 11 is 0. The van der Waals surface area contributed by atoms with Crippen LogP contribution in [0.3, 0.4) is 0 Å². The molecule has 0 aromatic carbocycles. The molecular weight excluding hydrogens is 170 g/mol. The second-order valence-corrected chi connectivity index (χ2v) is 2.27. The van der Waals surface area contributed by atoms with Gasteiger partial charge in [0.15, 0.2) is 0 Å². The Bertz CT molecular complexity index is 362. The van der Waals surface area contributed by atoms with Gasteiger partial charge in [0.25, 0.3) is 5.56 Å². The van der Waals surface area contributed by atoms with Crippen LogP contribution in [-0.2, 0) is 4.74 Å². The average molecular weight is 179 g/mol. The maximum Gasteiger partial charge on any atom is 0.343 e. The second-order valence-electron chi connectivity index (χ2n) is 2.27. The molecule has 0 N–H and O–H groups in total. The topological polar surface area (TPSA) is 56.3 Å². The summed E-state index contributed by atoms with van der Waals surface area (Å²) in [6.07, 6.45) is 1.34. The molecule has 0 aliphatic carbocycles. The van der Waals surface area contributed by atoms with Crippen LogP contribution in [0.1, 0.15) is 17.3 Å². The van der Waals surface area contributed by atoms with Crippen LogP contribution in [-0.4, -0.2) is 17.6 Å². The van der Waals surface area contributed by atoms with Crippen molar-refractivity contribution < 1.29 is 9.53 Å². The lowest BCUT2D eigenvalue weighted by molar-refractivity contribution is 0.0524. The number of hydrogen-bond acceptors (Lipinski definition) is 4. The first-order valence-corrected chi connectivity index (χ1v) is 3.88. The van der Waals surface area contributed by atoms with Gasteiger partial charge in [0.05, 0.1) is 6.61 Å². The number of carbonyl (C=O) groups excluding carboxylic acids is 1. The van der Waals surface area contributed by atoms with Crippen LogP contribution in [0.25, 0.3) is 0 Å². The second kappa shape index (κ2) is 4.35. The molecule has 0 fully saturated rings. The normalized spacial score (nSPS) is 9.31. The molecule has 0 unspecified atom stereocenters. The molecule has 0 bridgehead atoms. The largest absolute Gasteiger partial charge is 0.462 e. The van der Waals surface area contributed by atoms with Gasteiger partial charge in [0.1, 0.15) is 5.56 Å². The summed E-state index contributed by atoms with van der Waals surface area (Å²) < 4.78 is 4.67. The van der Waals surface area contributed by atoms with Crippen molar-refractivity contribution in [3.05, 3.63) is 40.3 Å². The predicted octanol–water partition coefficient (Wildman–Crippen LogP) is 0.618. The lowest BCUT2D eigenvalue weighted by Crippen LogP contribution is -2.16. The summed E-state index contributed by atoms with van der Waals surface area (Å²) in [5.74, 6) is -0.629. The average Bonchev–Trinajstić information content (AvgIpc) is 2.30. The standard InChI is InChI=1S/C9H9NO3/c1-2-13-9(12)7-5-3-4-6-10-8(7)11/h3-6H,2H2,1H3. The molecule has 0 aliphatic rings. The number of nitrogens with zero attached hydrogens (tertiary/aromatic N) is 1. The van der Waals surface area contributed by atoms with Crippen LogP contribution in [0, 0.1) is 0 Å². The van der Waals surface area contributed by atoms with Crippen LogP contribution >= 0.6 is 0 Å². The highest BCUT2D eigenvalue weighted by molar-refractivity contribution is 5.88. The number of ether oxygens (including phenoxy) is 1. The fraction of sp³-hybridized carbons (Fsp3) is 0.222. The molecule has 0 saturated carbocycles. The van der Waals surface area contributed by atoms with E-state index in [1.165, 1.54) is 12.3 Å². The van der Waals surface area contributed by atoms with Crippen LogP contribution < -0.4 is 5.56 Å². The van der Waals surface area contributed by atoms with Crippen LogP contribution in [0.5, 0.6) is 0 Å². The van der Waals surface area contributed by atoms with Gasteiger partial charge in [-0.2, -0.15) is 0 Å². The van der Waals surface area contributed by atoms with E-state index in [9.17, 15) is 9.59 Å². The SMILES string of the molecule is CCOC(=O)c1ccccnc1=O. The summed E-state index contributed by atoms with van der Waals surface area (Å²) in [5, 5.41) is 0. The van der Waals surface area contributed by atoms with Gasteiger partial charge in [0.2, 0.25) is 0 Å². The first-order chi connectivity index (χ1) is 6.25. The molecule has 0 atom stereocenters. The minimum atomic E-state index is -0.629. The fourth-order valence-corrected chi connectivity index (χ4v) is 0.817. The van der Waals surface area contributed by atoms with Crippen LogP contribution in [0.15, 0.2) is 29.2 Å². The van der Waals surface area contributed by atoms with Crippen molar-refractivity contribution in [1.29, 1.82) is 0 Å². The highest BCUT2D eigenvalue weighted by Gasteiger charge is 2.09. The Balaban J connectivity index is 3.09. The number of esters is 1. The first-order valence-electron chi connectivity index (χ1n) is 3.88. The lowest BCUT2D eigenvalue weighted by Gasteiger charge is -1.96. The Morgan fingerprint density at radius 2 is 2.31 bits per heavy atom. The zero-order valence-corrected chi connectivity index (χ0v) is 7.19. The van der Waals surface area contributed by atoms with E-state index in [2.05, 4.69) is 9.72 Å². The quantitative estimate of drug-likeness (QED) is 0.624. The Hall–Kier alpha value is -1.71. The van der Waals surface area contributed by atoms with Gasteiger partial charge < -0.3 is 4.74 Å². The minimum absolute atomic E-state index is 0.0353. The molecule has 0 radical (unpaired) electrons.